The number of nitrogens with one attached hydrogen (secondary N) is 1. The first kappa shape index (κ1) is 13.5. The summed E-state index contributed by atoms with van der Waals surface area (Å²) in [6.45, 7) is 1.67. The number of carbonyl (C=O) groups excluding carboxylic acids is 2. The SMILES string of the molecule is CONCc1ccc(N2CCN(C)C(=O)C2=O)cc1. The van der Waals surface area contributed by atoms with Gasteiger partial charge in [0.05, 0.1) is 7.11 Å². The molecular formula is C13H17N3O3. The molecule has 1 aliphatic rings. The van der Waals surface area contributed by atoms with Crippen molar-refractivity contribution >= 4 is 17.5 Å². The summed E-state index contributed by atoms with van der Waals surface area (Å²) in [6, 6.07) is 7.47. The van der Waals surface area contributed by atoms with Gasteiger partial charge in [0.15, 0.2) is 0 Å². The molecule has 0 saturated carbocycles. The third-order valence-electron chi connectivity index (χ3n) is 3.10. The summed E-state index contributed by atoms with van der Waals surface area (Å²) in [7, 11) is 3.19. The van der Waals surface area contributed by atoms with Crippen molar-refractivity contribution in [2.24, 2.45) is 0 Å². The number of hydrogen-bond donors (Lipinski definition) is 1. The van der Waals surface area contributed by atoms with Crippen LogP contribution in [0.15, 0.2) is 24.3 Å². The van der Waals surface area contributed by atoms with Crippen LogP contribution in [-0.2, 0) is 21.0 Å². The summed E-state index contributed by atoms with van der Waals surface area (Å²) in [5.41, 5.74) is 4.53. The van der Waals surface area contributed by atoms with Crippen molar-refractivity contribution < 1.29 is 14.4 Å². The monoisotopic (exact) mass is 263 g/mol. The molecule has 1 aromatic carbocycles. The Hall–Kier alpha value is -1.92. The molecule has 1 aromatic rings. The summed E-state index contributed by atoms with van der Waals surface area (Å²) >= 11 is 0. The van der Waals surface area contributed by atoms with Crippen LogP contribution in [0.5, 0.6) is 0 Å². The van der Waals surface area contributed by atoms with E-state index in [4.69, 9.17) is 4.84 Å². The average Bonchev–Trinajstić information content (AvgIpc) is 2.44. The van der Waals surface area contributed by atoms with Crippen molar-refractivity contribution in [3.05, 3.63) is 29.8 Å². The fourth-order valence-corrected chi connectivity index (χ4v) is 1.93. The first-order chi connectivity index (χ1) is 9.13. The van der Waals surface area contributed by atoms with E-state index in [-0.39, 0.29) is 0 Å². The summed E-state index contributed by atoms with van der Waals surface area (Å²) in [5, 5.41) is 0. The van der Waals surface area contributed by atoms with Crippen molar-refractivity contribution in [2.75, 3.05) is 32.1 Å². The highest BCUT2D eigenvalue weighted by Gasteiger charge is 2.30. The van der Waals surface area contributed by atoms with E-state index in [9.17, 15) is 9.59 Å². The summed E-state index contributed by atoms with van der Waals surface area (Å²) in [4.78, 5) is 31.2. The molecular weight excluding hydrogens is 246 g/mol. The predicted molar refractivity (Wildman–Crippen MR) is 70.3 cm³/mol. The molecule has 1 aliphatic heterocycles. The first-order valence-corrected chi connectivity index (χ1v) is 6.05. The average molecular weight is 263 g/mol. The van der Waals surface area contributed by atoms with Crippen LogP contribution in [0.4, 0.5) is 5.69 Å². The molecule has 0 bridgehead atoms. The minimum atomic E-state index is -0.475. The molecule has 0 aromatic heterocycles. The van der Waals surface area contributed by atoms with Crippen molar-refractivity contribution in [2.45, 2.75) is 6.54 Å². The largest absolute Gasteiger partial charge is 0.336 e. The van der Waals surface area contributed by atoms with Crippen molar-refractivity contribution in [1.82, 2.24) is 10.4 Å². The molecule has 0 unspecified atom stereocenters. The van der Waals surface area contributed by atoms with Crippen molar-refractivity contribution in [3.8, 4) is 0 Å². The molecule has 6 nitrogen and oxygen atoms in total. The molecule has 1 saturated heterocycles. The smallest absolute Gasteiger partial charge is 0.316 e. The van der Waals surface area contributed by atoms with Crippen LogP contribution >= 0.6 is 0 Å². The second-order valence-corrected chi connectivity index (χ2v) is 4.38. The van der Waals surface area contributed by atoms with Crippen LogP contribution in [0.25, 0.3) is 0 Å². The van der Waals surface area contributed by atoms with Gasteiger partial charge in [-0.15, -0.1) is 0 Å². The minimum Gasteiger partial charge on any atom is -0.336 e. The number of likely N-dealkylation sites (N-methyl/N-ethyl adjacent to an activating group) is 1. The van der Waals surface area contributed by atoms with Gasteiger partial charge in [0, 0.05) is 32.4 Å². The first-order valence-electron chi connectivity index (χ1n) is 6.05. The summed E-state index contributed by atoms with van der Waals surface area (Å²) in [6.07, 6.45) is 0. The number of amides is 2. The molecule has 0 atom stereocenters. The highest BCUT2D eigenvalue weighted by Crippen LogP contribution is 2.18. The van der Waals surface area contributed by atoms with Gasteiger partial charge in [-0.3, -0.25) is 9.59 Å². The number of anilines is 1. The number of nitrogens with zero attached hydrogens (tertiary/aromatic N) is 2. The van der Waals surface area contributed by atoms with Crippen LogP contribution in [0.1, 0.15) is 5.56 Å². The van der Waals surface area contributed by atoms with Crippen LogP contribution in [0.2, 0.25) is 0 Å². The van der Waals surface area contributed by atoms with E-state index in [0.717, 1.165) is 11.3 Å². The third-order valence-corrected chi connectivity index (χ3v) is 3.10. The number of rotatable bonds is 4. The molecule has 0 radical (unpaired) electrons. The lowest BCUT2D eigenvalue weighted by Gasteiger charge is -2.31. The van der Waals surface area contributed by atoms with Gasteiger partial charge >= 0.3 is 11.8 Å². The maximum Gasteiger partial charge on any atom is 0.316 e. The second kappa shape index (κ2) is 5.81. The minimum absolute atomic E-state index is 0.462. The van der Waals surface area contributed by atoms with E-state index in [2.05, 4.69) is 5.48 Å². The summed E-state index contributed by atoms with van der Waals surface area (Å²) < 4.78 is 0. The Morgan fingerprint density at radius 2 is 1.84 bits per heavy atom. The summed E-state index contributed by atoms with van der Waals surface area (Å²) in [5.74, 6) is -0.937. The van der Waals surface area contributed by atoms with E-state index in [0.29, 0.717) is 19.6 Å². The quantitative estimate of drug-likeness (QED) is 0.620. The van der Waals surface area contributed by atoms with Gasteiger partial charge in [-0.25, -0.2) is 0 Å². The molecule has 2 amide bonds. The van der Waals surface area contributed by atoms with Crippen molar-refractivity contribution in [3.63, 3.8) is 0 Å². The Morgan fingerprint density at radius 3 is 2.47 bits per heavy atom. The Bertz CT molecular complexity index is 473. The van der Waals surface area contributed by atoms with E-state index in [1.54, 1.807) is 14.2 Å². The molecule has 0 aliphatic carbocycles. The van der Waals surface area contributed by atoms with Crippen molar-refractivity contribution in [1.29, 1.82) is 0 Å². The molecule has 102 valence electrons. The standard InChI is InChI=1S/C13H17N3O3/c1-15-7-8-16(13(18)12(15)17)11-5-3-10(4-6-11)9-14-19-2/h3-6,14H,7-9H2,1-2H3. The highest BCUT2D eigenvalue weighted by atomic mass is 16.6. The van der Waals surface area contributed by atoms with Gasteiger partial charge in [-0.1, -0.05) is 12.1 Å². The fourth-order valence-electron chi connectivity index (χ4n) is 1.93. The lowest BCUT2D eigenvalue weighted by atomic mass is 10.1. The normalized spacial score (nSPS) is 16.1. The van der Waals surface area contributed by atoms with Crippen LogP contribution < -0.4 is 10.4 Å². The molecule has 19 heavy (non-hydrogen) atoms. The number of carbonyl (C=O) groups is 2. The molecule has 2 rings (SSSR count). The zero-order chi connectivity index (χ0) is 13.8. The molecule has 6 heteroatoms. The number of hydrogen-bond acceptors (Lipinski definition) is 4. The number of benzene rings is 1. The zero-order valence-electron chi connectivity index (χ0n) is 11.0. The van der Waals surface area contributed by atoms with Gasteiger partial charge < -0.3 is 14.6 Å². The number of piperazine rings is 1. The molecule has 1 heterocycles. The lowest BCUT2D eigenvalue weighted by molar-refractivity contribution is -0.145. The Kier molecular flexibility index (Phi) is 4.13. The van der Waals surface area contributed by atoms with Gasteiger partial charge in [-0.2, -0.15) is 5.48 Å². The van der Waals surface area contributed by atoms with E-state index in [1.807, 2.05) is 24.3 Å². The maximum atomic E-state index is 11.9. The Balaban J connectivity index is 2.09. The zero-order valence-corrected chi connectivity index (χ0v) is 11.0. The van der Waals surface area contributed by atoms with Gasteiger partial charge in [0.1, 0.15) is 0 Å². The van der Waals surface area contributed by atoms with Gasteiger partial charge in [-0.05, 0) is 17.7 Å². The number of hydroxylamine groups is 1. The topological polar surface area (TPSA) is 61.9 Å². The van der Waals surface area contributed by atoms with Crippen LogP contribution in [-0.4, -0.2) is 44.0 Å². The van der Waals surface area contributed by atoms with E-state index >= 15 is 0 Å². The van der Waals surface area contributed by atoms with Crippen LogP contribution in [0.3, 0.4) is 0 Å². The molecule has 1 N–H and O–H groups in total. The van der Waals surface area contributed by atoms with E-state index in [1.165, 1.54) is 9.80 Å². The van der Waals surface area contributed by atoms with Gasteiger partial charge in [0.2, 0.25) is 0 Å². The third kappa shape index (κ3) is 2.91. The molecule has 0 spiro atoms. The van der Waals surface area contributed by atoms with E-state index < -0.39 is 11.8 Å². The predicted octanol–water partition coefficient (Wildman–Crippen LogP) is 0.143. The lowest BCUT2D eigenvalue weighted by Crippen LogP contribution is -2.53. The molecule has 1 fully saturated rings. The van der Waals surface area contributed by atoms with Gasteiger partial charge in [0.25, 0.3) is 0 Å². The Morgan fingerprint density at radius 1 is 1.16 bits per heavy atom. The second-order valence-electron chi connectivity index (χ2n) is 4.38. The fraction of sp³-hybridized carbons (Fsp3) is 0.385. The maximum absolute atomic E-state index is 11.9. The Labute approximate surface area is 111 Å². The highest BCUT2D eigenvalue weighted by molar-refractivity contribution is 6.40. The van der Waals surface area contributed by atoms with Crippen LogP contribution in [0, 0.1) is 0 Å².